The number of rotatable bonds is 7. The standard InChI is InChI=1S/C5H10N4O4.C5H7N3O3.C4H8O4/c1-13-3(10)2(8-4(6)11)9-5(7)12;6-3(9)1-2-4(10)8-5(11)7-2;1-7-3(5)4(6)8-2/h2H,1H3,(H3,6,8,11)(H3,7,9,12);2H,1H2,(H2,6,9)(H2,7,8,10,11);3,5H,1-2H3. The van der Waals surface area contributed by atoms with Crippen molar-refractivity contribution in [3.05, 3.63) is 0 Å². The number of carbonyl (C=O) groups excluding carboxylic acids is 7. The fourth-order valence-corrected chi connectivity index (χ4v) is 1.56. The second-order valence-corrected chi connectivity index (χ2v) is 5.27. The molecule has 2 unspecified atom stereocenters. The van der Waals surface area contributed by atoms with Gasteiger partial charge in [-0.15, -0.1) is 0 Å². The number of imide groups is 1. The molecule has 1 fully saturated rings. The maximum absolute atomic E-state index is 10.8. The van der Waals surface area contributed by atoms with E-state index in [4.69, 9.17) is 22.3 Å². The third-order valence-electron chi connectivity index (χ3n) is 2.90. The van der Waals surface area contributed by atoms with Gasteiger partial charge in [0, 0.05) is 7.11 Å². The molecule has 0 bridgehead atoms. The number of aliphatic hydroxyl groups excluding tert-OH is 1. The third kappa shape index (κ3) is 13.9. The maximum Gasteiger partial charge on any atom is 0.362 e. The van der Waals surface area contributed by atoms with E-state index in [0.717, 1.165) is 7.11 Å². The van der Waals surface area contributed by atoms with Gasteiger partial charge in [0.1, 0.15) is 6.04 Å². The minimum Gasteiger partial charge on any atom is -0.466 e. The van der Waals surface area contributed by atoms with Gasteiger partial charge < -0.3 is 52.5 Å². The molecule has 1 aliphatic heterocycles. The molecule has 0 aromatic rings. The van der Waals surface area contributed by atoms with E-state index in [2.05, 4.69) is 19.5 Å². The molecule has 11 N–H and O–H groups in total. The summed E-state index contributed by atoms with van der Waals surface area (Å²) in [6.07, 6.45) is -2.96. The van der Waals surface area contributed by atoms with Gasteiger partial charge in [-0.25, -0.2) is 24.0 Å². The van der Waals surface area contributed by atoms with Crippen LogP contribution in [0, 0.1) is 0 Å². The maximum atomic E-state index is 10.8. The molecular formula is C14H25N7O11. The Labute approximate surface area is 180 Å². The van der Waals surface area contributed by atoms with Gasteiger partial charge in [0.05, 0.1) is 20.6 Å². The Balaban J connectivity index is 0. The Morgan fingerprint density at radius 1 is 0.969 bits per heavy atom. The number of primary amides is 3. The Morgan fingerprint density at radius 2 is 1.44 bits per heavy atom. The number of amides is 8. The predicted molar refractivity (Wildman–Crippen MR) is 101 cm³/mol. The summed E-state index contributed by atoms with van der Waals surface area (Å²) in [6, 6.07) is -3.34. The normalized spacial score (nSPS) is 14.7. The summed E-state index contributed by atoms with van der Waals surface area (Å²) in [5.41, 5.74) is 14.2. The van der Waals surface area contributed by atoms with Crippen molar-refractivity contribution in [2.45, 2.75) is 24.9 Å². The first-order valence-corrected chi connectivity index (χ1v) is 8.17. The van der Waals surface area contributed by atoms with Crippen molar-refractivity contribution in [2.24, 2.45) is 17.2 Å². The van der Waals surface area contributed by atoms with Crippen molar-refractivity contribution in [1.82, 2.24) is 21.3 Å². The number of hydrogen-bond acceptors (Lipinski definition) is 11. The Hall–Kier alpha value is -4.19. The first-order chi connectivity index (χ1) is 14.8. The average Bonchev–Trinajstić information content (AvgIpc) is 3.01. The van der Waals surface area contributed by atoms with Crippen LogP contribution in [0.15, 0.2) is 0 Å². The summed E-state index contributed by atoms with van der Waals surface area (Å²) >= 11 is 0. The van der Waals surface area contributed by atoms with Crippen LogP contribution in [0.3, 0.4) is 0 Å². The molecule has 32 heavy (non-hydrogen) atoms. The molecule has 0 aliphatic carbocycles. The highest BCUT2D eigenvalue weighted by atomic mass is 16.6. The van der Waals surface area contributed by atoms with E-state index in [0.29, 0.717) is 0 Å². The number of nitrogens with one attached hydrogen (secondary N) is 4. The number of ether oxygens (including phenoxy) is 3. The van der Waals surface area contributed by atoms with Crippen LogP contribution in [-0.4, -0.2) is 86.8 Å². The van der Waals surface area contributed by atoms with E-state index in [1.807, 2.05) is 16.0 Å². The number of nitrogens with two attached hydrogens (primary N) is 3. The van der Waals surface area contributed by atoms with Crippen LogP contribution in [0.5, 0.6) is 0 Å². The minimum absolute atomic E-state index is 0.155. The van der Waals surface area contributed by atoms with Crippen molar-refractivity contribution >= 4 is 41.8 Å². The fraction of sp³-hybridized carbons (Fsp3) is 0.500. The monoisotopic (exact) mass is 467 g/mol. The van der Waals surface area contributed by atoms with Gasteiger partial charge in [-0.3, -0.25) is 14.9 Å². The molecule has 0 spiro atoms. The first-order valence-electron chi connectivity index (χ1n) is 8.17. The van der Waals surface area contributed by atoms with Gasteiger partial charge in [0.2, 0.25) is 12.1 Å². The van der Waals surface area contributed by atoms with Crippen molar-refractivity contribution in [3.8, 4) is 0 Å². The molecule has 18 nitrogen and oxygen atoms in total. The van der Waals surface area contributed by atoms with Crippen molar-refractivity contribution in [3.63, 3.8) is 0 Å². The molecule has 18 heteroatoms. The summed E-state index contributed by atoms with van der Waals surface area (Å²) in [7, 11) is 3.47. The van der Waals surface area contributed by atoms with E-state index < -0.39 is 60.3 Å². The van der Waals surface area contributed by atoms with Crippen LogP contribution < -0.4 is 38.5 Å². The quantitative estimate of drug-likeness (QED) is 0.0995. The molecule has 2 atom stereocenters. The Bertz CT molecular complexity index is 699. The van der Waals surface area contributed by atoms with Gasteiger partial charge in [-0.05, 0) is 0 Å². The number of methoxy groups -OCH3 is 3. The third-order valence-corrected chi connectivity index (χ3v) is 2.90. The van der Waals surface area contributed by atoms with Crippen LogP contribution in [-0.2, 0) is 33.4 Å². The molecule has 0 aromatic carbocycles. The van der Waals surface area contributed by atoms with E-state index >= 15 is 0 Å². The summed E-state index contributed by atoms with van der Waals surface area (Å²) in [6.45, 7) is 0. The summed E-state index contributed by atoms with van der Waals surface area (Å²) < 4.78 is 12.5. The molecule has 1 aliphatic rings. The lowest BCUT2D eigenvalue weighted by Crippen LogP contribution is -2.55. The SMILES string of the molecule is COC(=O)C(NC(N)=O)NC(N)=O.COC(=O)C(O)OC.NC(=O)CC1NC(=O)NC1=O. The number of carbonyl (C=O) groups is 7. The molecule has 8 amide bonds. The lowest BCUT2D eigenvalue weighted by Gasteiger charge is -2.14. The van der Waals surface area contributed by atoms with E-state index in [-0.39, 0.29) is 6.42 Å². The van der Waals surface area contributed by atoms with Crippen molar-refractivity contribution in [2.75, 3.05) is 21.3 Å². The second kappa shape index (κ2) is 15.6. The molecule has 182 valence electrons. The summed E-state index contributed by atoms with van der Waals surface area (Å²) in [5.74, 6) is -2.79. The van der Waals surface area contributed by atoms with Crippen LogP contribution >= 0.6 is 0 Å². The largest absolute Gasteiger partial charge is 0.466 e. The number of aliphatic hydroxyl groups is 1. The van der Waals surface area contributed by atoms with Crippen LogP contribution in [0.2, 0.25) is 0 Å². The zero-order chi connectivity index (χ0) is 25.4. The highest BCUT2D eigenvalue weighted by Crippen LogP contribution is 1.96. The molecule has 0 saturated carbocycles. The molecule has 0 aromatic heterocycles. The van der Waals surface area contributed by atoms with Gasteiger partial charge in [-0.1, -0.05) is 0 Å². The summed E-state index contributed by atoms with van der Waals surface area (Å²) in [4.78, 5) is 73.1. The van der Waals surface area contributed by atoms with Crippen LogP contribution in [0.25, 0.3) is 0 Å². The van der Waals surface area contributed by atoms with Gasteiger partial charge >= 0.3 is 30.0 Å². The van der Waals surface area contributed by atoms with Gasteiger partial charge in [0.15, 0.2) is 0 Å². The van der Waals surface area contributed by atoms with E-state index in [1.165, 1.54) is 14.2 Å². The lowest BCUT2D eigenvalue weighted by molar-refractivity contribution is -0.174. The van der Waals surface area contributed by atoms with Gasteiger partial charge in [-0.2, -0.15) is 0 Å². The zero-order valence-electron chi connectivity index (χ0n) is 17.2. The van der Waals surface area contributed by atoms with Crippen LogP contribution in [0.1, 0.15) is 6.42 Å². The lowest BCUT2D eigenvalue weighted by atomic mass is 10.2. The number of hydrogen-bond donors (Lipinski definition) is 8. The molecule has 0 radical (unpaired) electrons. The summed E-state index contributed by atoms with van der Waals surface area (Å²) in [5, 5.41) is 16.5. The van der Waals surface area contributed by atoms with Crippen molar-refractivity contribution in [1.29, 1.82) is 0 Å². The predicted octanol–water partition coefficient (Wildman–Crippen LogP) is -4.98. The van der Waals surface area contributed by atoms with Crippen LogP contribution in [0.4, 0.5) is 14.4 Å². The molecule has 1 rings (SSSR count). The Kier molecular flexibility index (Phi) is 14.7. The number of urea groups is 3. The average molecular weight is 467 g/mol. The fourth-order valence-electron chi connectivity index (χ4n) is 1.56. The van der Waals surface area contributed by atoms with Crippen molar-refractivity contribution < 1.29 is 52.9 Å². The zero-order valence-corrected chi connectivity index (χ0v) is 17.2. The highest BCUT2D eigenvalue weighted by Gasteiger charge is 2.30. The minimum atomic E-state index is -1.44. The smallest absolute Gasteiger partial charge is 0.362 e. The highest BCUT2D eigenvalue weighted by molar-refractivity contribution is 6.05. The molecule has 1 heterocycles. The van der Waals surface area contributed by atoms with E-state index in [1.54, 1.807) is 0 Å². The van der Waals surface area contributed by atoms with E-state index in [9.17, 15) is 33.6 Å². The van der Waals surface area contributed by atoms with Gasteiger partial charge in [0.25, 0.3) is 12.2 Å². The molecule has 1 saturated heterocycles. The number of esters is 2. The topological polar surface area (TPSA) is 294 Å². The Morgan fingerprint density at radius 3 is 1.69 bits per heavy atom. The second-order valence-electron chi connectivity index (χ2n) is 5.27. The first kappa shape index (κ1) is 30.0. The molecular weight excluding hydrogens is 442 g/mol.